The summed E-state index contributed by atoms with van der Waals surface area (Å²) in [5, 5.41) is 0. The van der Waals surface area contributed by atoms with Crippen LogP contribution in [-0.4, -0.2) is 18.4 Å². The van der Waals surface area contributed by atoms with Crippen LogP contribution in [0.3, 0.4) is 0 Å². The van der Waals surface area contributed by atoms with E-state index in [4.69, 9.17) is 4.74 Å². The maximum Gasteiger partial charge on any atom is 0.312 e. The summed E-state index contributed by atoms with van der Waals surface area (Å²) in [5.74, 6) is 0.380. The maximum absolute atomic E-state index is 11.8. The van der Waals surface area contributed by atoms with E-state index in [1.54, 1.807) is 0 Å². The second-order valence-corrected chi connectivity index (χ2v) is 4.39. The van der Waals surface area contributed by atoms with Crippen LogP contribution in [0.1, 0.15) is 39.0 Å². The van der Waals surface area contributed by atoms with Crippen molar-refractivity contribution < 1.29 is 14.3 Å². The van der Waals surface area contributed by atoms with Crippen molar-refractivity contribution >= 4 is 11.8 Å². The molecule has 0 aromatic rings. The monoisotopic (exact) mass is 196 g/mol. The largest absolute Gasteiger partial charge is 0.466 e. The molecule has 3 heteroatoms. The number of rotatable bonds is 2. The summed E-state index contributed by atoms with van der Waals surface area (Å²) in [5.41, 5.74) is -0.424. The van der Waals surface area contributed by atoms with Gasteiger partial charge < -0.3 is 4.74 Å². The molecule has 2 fully saturated rings. The minimum atomic E-state index is -0.424. The van der Waals surface area contributed by atoms with Crippen molar-refractivity contribution in [1.82, 2.24) is 0 Å². The molecule has 0 spiro atoms. The third-order valence-electron chi connectivity index (χ3n) is 3.63. The number of hydrogen-bond donors (Lipinski definition) is 0. The fourth-order valence-corrected chi connectivity index (χ4v) is 2.99. The van der Waals surface area contributed by atoms with Gasteiger partial charge in [0.05, 0.1) is 12.0 Å². The molecule has 2 rings (SSSR count). The second kappa shape index (κ2) is 3.37. The minimum Gasteiger partial charge on any atom is -0.466 e. The number of hydrogen-bond acceptors (Lipinski definition) is 3. The number of carbonyl (C=O) groups is 2. The zero-order valence-electron chi connectivity index (χ0n) is 8.54. The summed E-state index contributed by atoms with van der Waals surface area (Å²) >= 11 is 0. The predicted molar refractivity (Wildman–Crippen MR) is 50.6 cm³/mol. The van der Waals surface area contributed by atoms with Gasteiger partial charge >= 0.3 is 5.97 Å². The molecule has 78 valence electrons. The predicted octanol–water partition coefficient (Wildman–Crippen LogP) is 1.70. The summed E-state index contributed by atoms with van der Waals surface area (Å²) in [6, 6.07) is 0. The van der Waals surface area contributed by atoms with Gasteiger partial charge in [-0.05, 0) is 25.7 Å². The Morgan fingerprint density at radius 1 is 1.64 bits per heavy atom. The second-order valence-electron chi connectivity index (χ2n) is 4.39. The number of fused-ring (bicyclic) bond motifs is 1. The van der Waals surface area contributed by atoms with Crippen LogP contribution in [0.25, 0.3) is 0 Å². The fourth-order valence-electron chi connectivity index (χ4n) is 2.99. The number of ether oxygens (including phenoxy) is 1. The lowest BCUT2D eigenvalue weighted by atomic mass is 9.80. The minimum absolute atomic E-state index is 0.131. The SMILES string of the molecule is CCOC(=O)[C@]12CCC[C@@H]1CC(=O)C2. The standard InChI is InChI=1S/C11H16O3/c1-2-14-10(13)11-5-3-4-8(11)6-9(12)7-11/h8H,2-7H2,1H3/t8-,11+/m1/s1. The smallest absolute Gasteiger partial charge is 0.312 e. The average Bonchev–Trinajstić information content (AvgIpc) is 2.61. The van der Waals surface area contributed by atoms with E-state index in [9.17, 15) is 9.59 Å². The molecule has 2 saturated carbocycles. The molecule has 2 aliphatic rings. The highest BCUT2D eigenvalue weighted by Gasteiger charge is 2.55. The number of Topliss-reactive ketones (excluding diaryl/α,β-unsaturated/α-hetero) is 1. The van der Waals surface area contributed by atoms with Crippen LogP contribution < -0.4 is 0 Å². The molecule has 0 saturated heterocycles. The van der Waals surface area contributed by atoms with Gasteiger partial charge in [0.2, 0.25) is 0 Å². The maximum atomic E-state index is 11.8. The van der Waals surface area contributed by atoms with E-state index in [2.05, 4.69) is 0 Å². The molecule has 2 atom stereocenters. The van der Waals surface area contributed by atoms with Crippen LogP contribution in [0.5, 0.6) is 0 Å². The Labute approximate surface area is 83.8 Å². The summed E-state index contributed by atoms with van der Waals surface area (Å²) in [7, 11) is 0. The molecule has 0 aromatic heterocycles. The van der Waals surface area contributed by atoms with Gasteiger partial charge in [0.15, 0.2) is 0 Å². The van der Waals surface area contributed by atoms with Gasteiger partial charge in [-0.3, -0.25) is 9.59 Å². The van der Waals surface area contributed by atoms with Crippen molar-refractivity contribution in [3.8, 4) is 0 Å². The van der Waals surface area contributed by atoms with Crippen LogP contribution in [0.15, 0.2) is 0 Å². The van der Waals surface area contributed by atoms with Crippen LogP contribution in [0, 0.1) is 11.3 Å². The Kier molecular flexibility index (Phi) is 2.33. The van der Waals surface area contributed by atoms with Gasteiger partial charge in [-0.2, -0.15) is 0 Å². The molecule has 0 aromatic carbocycles. The van der Waals surface area contributed by atoms with Gasteiger partial charge in [0, 0.05) is 12.8 Å². The first-order valence-corrected chi connectivity index (χ1v) is 5.38. The lowest BCUT2D eigenvalue weighted by Gasteiger charge is -2.25. The molecule has 0 N–H and O–H groups in total. The van der Waals surface area contributed by atoms with E-state index in [1.807, 2.05) is 6.92 Å². The molecular formula is C11H16O3. The Balaban J connectivity index is 2.19. The molecule has 0 aliphatic heterocycles. The van der Waals surface area contributed by atoms with E-state index in [1.165, 1.54) is 0 Å². The van der Waals surface area contributed by atoms with E-state index in [0.29, 0.717) is 19.4 Å². The Morgan fingerprint density at radius 2 is 2.43 bits per heavy atom. The van der Waals surface area contributed by atoms with Gasteiger partial charge in [0.25, 0.3) is 0 Å². The van der Waals surface area contributed by atoms with Gasteiger partial charge in [-0.25, -0.2) is 0 Å². The Morgan fingerprint density at radius 3 is 3.14 bits per heavy atom. The van der Waals surface area contributed by atoms with E-state index in [0.717, 1.165) is 19.3 Å². The van der Waals surface area contributed by atoms with Crippen molar-refractivity contribution in [2.45, 2.75) is 39.0 Å². The molecule has 0 radical (unpaired) electrons. The van der Waals surface area contributed by atoms with Crippen molar-refractivity contribution in [3.05, 3.63) is 0 Å². The molecule has 0 unspecified atom stereocenters. The summed E-state index contributed by atoms with van der Waals surface area (Å²) in [6.07, 6.45) is 3.96. The van der Waals surface area contributed by atoms with Crippen molar-refractivity contribution in [1.29, 1.82) is 0 Å². The van der Waals surface area contributed by atoms with Crippen molar-refractivity contribution in [2.24, 2.45) is 11.3 Å². The van der Waals surface area contributed by atoms with Gasteiger partial charge in [-0.15, -0.1) is 0 Å². The van der Waals surface area contributed by atoms with Crippen LogP contribution in [0.4, 0.5) is 0 Å². The molecule has 2 aliphatic carbocycles. The summed E-state index contributed by atoms with van der Waals surface area (Å²) in [4.78, 5) is 23.2. The fraction of sp³-hybridized carbons (Fsp3) is 0.818. The van der Waals surface area contributed by atoms with E-state index < -0.39 is 5.41 Å². The van der Waals surface area contributed by atoms with Gasteiger partial charge in [0.1, 0.15) is 5.78 Å². The summed E-state index contributed by atoms with van der Waals surface area (Å²) < 4.78 is 5.09. The van der Waals surface area contributed by atoms with E-state index in [-0.39, 0.29) is 17.7 Å². The molecule has 3 nitrogen and oxygen atoms in total. The van der Waals surface area contributed by atoms with E-state index >= 15 is 0 Å². The lowest BCUT2D eigenvalue weighted by molar-refractivity contribution is -0.157. The Bertz CT molecular complexity index is 272. The lowest BCUT2D eigenvalue weighted by Crippen LogP contribution is -2.32. The third kappa shape index (κ3) is 1.26. The van der Waals surface area contributed by atoms with Crippen LogP contribution in [-0.2, 0) is 14.3 Å². The van der Waals surface area contributed by atoms with Crippen LogP contribution >= 0.6 is 0 Å². The highest BCUT2D eigenvalue weighted by atomic mass is 16.5. The highest BCUT2D eigenvalue weighted by Crippen LogP contribution is 2.53. The number of ketones is 1. The first-order chi connectivity index (χ1) is 6.69. The topological polar surface area (TPSA) is 43.4 Å². The highest BCUT2D eigenvalue weighted by molar-refractivity contribution is 5.91. The molecular weight excluding hydrogens is 180 g/mol. The average molecular weight is 196 g/mol. The molecule has 0 heterocycles. The quantitative estimate of drug-likeness (QED) is 0.631. The molecule has 0 bridgehead atoms. The number of carbonyl (C=O) groups excluding carboxylic acids is 2. The first kappa shape index (κ1) is 9.69. The van der Waals surface area contributed by atoms with Crippen LogP contribution in [0.2, 0.25) is 0 Å². The number of esters is 1. The first-order valence-electron chi connectivity index (χ1n) is 5.38. The zero-order valence-corrected chi connectivity index (χ0v) is 8.54. The molecule has 14 heavy (non-hydrogen) atoms. The summed E-state index contributed by atoms with van der Waals surface area (Å²) in [6.45, 7) is 2.23. The zero-order chi connectivity index (χ0) is 10.2. The van der Waals surface area contributed by atoms with Crippen molar-refractivity contribution in [3.63, 3.8) is 0 Å². The van der Waals surface area contributed by atoms with Crippen molar-refractivity contribution in [2.75, 3.05) is 6.61 Å². The normalized spacial score (nSPS) is 35.8. The van der Waals surface area contributed by atoms with Gasteiger partial charge in [-0.1, -0.05) is 6.42 Å². The Hall–Kier alpha value is -0.860. The third-order valence-corrected chi connectivity index (χ3v) is 3.63. The molecule has 0 amide bonds.